The van der Waals surface area contributed by atoms with Crippen LogP contribution in [0.3, 0.4) is 0 Å². The van der Waals surface area contributed by atoms with E-state index in [9.17, 15) is 0 Å². The van der Waals surface area contributed by atoms with Gasteiger partial charge in [0.1, 0.15) is 0 Å². The molecule has 0 aromatic rings. The van der Waals surface area contributed by atoms with E-state index < -0.39 is 6.69 Å². The largest absolute Gasteiger partial charge is 0.259 e. The summed E-state index contributed by atoms with van der Waals surface area (Å²) in [5.41, 5.74) is 2.82. The van der Waals surface area contributed by atoms with Crippen LogP contribution in [0.4, 0.5) is 0 Å². The molecule has 0 aromatic carbocycles. The Morgan fingerprint density at radius 1 is 1.11 bits per heavy atom. The van der Waals surface area contributed by atoms with Crippen LogP contribution in [0.2, 0.25) is 12.1 Å². The maximum atomic E-state index is 6.02. The first-order chi connectivity index (χ1) is 4.01. The van der Waals surface area contributed by atoms with Crippen LogP contribution in [0, 0.1) is 0 Å². The van der Waals surface area contributed by atoms with Crippen LogP contribution in [-0.4, -0.2) is 6.69 Å². The quantitative estimate of drug-likeness (QED) is 0.305. The lowest BCUT2D eigenvalue weighted by Crippen LogP contribution is -2.12. The minimum absolute atomic E-state index is 0.974. The first-order valence-corrected chi connectivity index (χ1v) is 7.48. The molecule has 0 aliphatic carbocycles. The maximum Gasteiger partial charge on any atom is 0.259 e. The van der Waals surface area contributed by atoms with Crippen molar-refractivity contribution in [2.75, 3.05) is 0 Å². The molecule has 0 saturated carbocycles. The fourth-order valence-electron chi connectivity index (χ4n) is 1.14. The Bertz CT molecular complexity index is 144. The molecule has 0 nitrogen and oxygen atoms in total. The summed E-state index contributed by atoms with van der Waals surface area (Å²) in [4.78, 5) is 0. The maximum absolute atomic E-state index is 6.02. The molecule has 0 amide bonds. The monoisotopic (exact) mass is 180 g/mol. The molecule has 1 aliphatic heterocycles. The normalized spacial score (nSPS) is 25.3. The molecule has 1 heterocycles. The first kappa shape index (κ1) is 7.64. The molecule has 0 saturated heterocycles. The van der Waals surface area contributed by atoms with Gasteiger partial charge in [0.05, 0.1) is 0 Å². The van der Waals surface area contributed by atoms with Crippen molar-refractivity contribution in [1.82, 2.24) is 0 Å². The second-order valence-corrected chi connectivity index (χ2v) is 10.1. The first-order valence-electron chi connectivity index (χ1n) is 3.04. The molecule has 0 atom stereocenters. The van der Waals surface area contributed by atoms with E-state index in [4.69, 9.17) is 22.2 Å². The van der Waals surface area contributed by atoms with Gasteiger partial charge >= 0.3 is 0 Å². The highest BCUT2D eigenvalue weighted by atomic mass is 35.7. The summed E-state index contributed by atoms with van der Waals surface area (Å²) in [6.45, 7) is 2.44. The predicted molar refractivity (Wildman–Crippen MR) is 45.4 cm³/mol. The number of hydrogen-bond donors (Lipinski definition) is 0. The second kappa shape index (κ2) is 2.29. The van der Waals surface area contributed by atoms with Crippen LogP contribution in [0.15, 0.2) is 11.1 Å². The molecule has 9 heavy (non-hydrogen) atoms. The lowest BCUT2D eigenvalue weighted by atomic mass is 10.2. The molecule has 1 aliphatic rings. The molecule has 0 N–H and O–H groups in total. The van der Waals surface area contributed by atoms with E-state index in [1.807, 2.05) is 0 Å². The molecule has 0 aromatic heterocycles. The fraction of sp³-hybridized carbons (Fsp3) is 0.667. The van der Waals surface area contributed by atoms with Crippen molar-refractivity contribution >= 4 is 28.9 Å². The summed E-state index contributed by atoms with van der Waals surface area (Å²) in [5, 5.41) is 0. The summed E-state index contributed by atoms with van der Waals surface area (Å²) >= 11 is 12.0. The molecule has 0 unspecified atom stereocenters. The standard InChI is InChI=1S/C6H10Cl2Si/c1-5-3-9(7,8)4-6(5)2/h3-4H2,1-2H3. The van der Waals surface area contributed by atoms with Crippen LogP contribution in [0.1, 0.15) is 13.8 Å². The Morgan fingerprint density at radius 3 is 1.56 bits per heavy atom. The summed E-state index contributed by atoms with van der Waals surface area (Å²) < 4.78 is 0. The average Bonchev–Trinajstić information content (AvgIpc) is 1.79. The van der Waals surface area contributed by atoms with E-state index in [0.717, 1.165) is 12.1 Å². The zero-order chi connectivity index (χ0) is 7.07. The molecule has 0 fully saturated rings. The van der Waals surface area contributed by atoms with Crippen molar-refractivity contribution in [3.8, 4) is 0 Å². The van der Waals surface area contributed by atoms with E-state index in [1.165, 1.54) is 11.1 Å². The highest BCUT2D eigenvalue weighted by Gasteiger charge is 2.34. The summed E-state index contributed by atoms with van der Waals surface area (Å²) in [7, 11) is 0. The van der Waals surface area contributed by atoms with Gasteiger partial charge < -0.3 is 0 Å². The molecule has 0 spiro atoms. The van der Waals surface area contributed by atoms with Gasteiger partial charge in [-0.25, -0.2) is 0 Å². The smallest absolute Gasteiger partial charge is 0.145 e. The molecule has 0 bridgehead atoms. The van der Waals surface area contributed by atoms with E-state index in [-0.39, 0.29) is 0 Å². The van der Waals surface area contributed by atoms with E-state index in [0.29, 0.717) is 0 Å². The molecule has 1 rings (SSSR count). The molecule has 0 radical (unpaired) electrons. The average molecular weight is 181 g/mol. The number of allylic oxidation sites excluding steroid dienone is 2. The topological polar surface area (TPSA) is 0 Å². The van der Waals surface area contributed by atoms with Crippen LogP contribution in [-0.2, 0) is 0 Å². The molecule has 52 valence electrons. The summed E-state index contributed by atoms with van der Waals surface area (Å²) in [6.07, 6.45) is 0. The zero-order valence-corrected chi connectivity index (χ0v) is 8.18. The van der Waals surface area contributed by atoms with Crippen molar-refractivity contribution in [1.29, 1.82) is 0 Å². The Kier molecular flexibility index (Phi) is 1.95. The van der Waals surface area contributed by atoms with Crippen LogP contribution in [0.25, 0.3) is 0 Å². The Labute approximate surface area is 66.3 Å². The third-order valence-electron chi connectivity index (χ3n) is 1.78. The number of hydrogen-bond acceptors (Lipinski definition) is 0. The van der Waals surface area contributed by atoms with Gasteiger partial charge in [0.15, 0.2) is 0 Å². The molecular formula is C6H10Cl2Si. The van der Waals surface area contributed by atoms with E-state index in [1.54, 1.807) is 0 Å². The van der Waals surface area contributed by atoms with Gasteiger partial charge in [-0.1, -0.05) is 11.1 Å². The molecule has 3 heteroatoms. The third-order valence-corrected chi connectivity index (χ3v) is 5.47. The Hall–Kier alpha value is 0.537. The highest BCUT2D eigenvalue weighted by molar-refractivity contribution is 7.46. The van der Waals surface area contributed by atoms with Gasteiger partial charge in [-0.3, -0.25) is 0 Å². The van der Waals surface area contributed by atoms with Gasteiger partial charge in [0.2, 0.25) is 0 Å². The Morgan fingerprint density at radius 2 is 1.44 bits per heavy atom. The summed E-state index contributed by atoms with van der Waals surface area (Å²) in [5.74, 6) is 0. The van der Waals surface area contributed by atoms with Gasteiger partial charge in [-0.2, -0.15) is 0 Å². The lowest BCUT2D eigenvalue weighted by Gasteiger charge is -2.05. The fourth-order valence-corrected chi connectivity index (χ4v) is 5.83. The SMILES string of the molecule is CC1=C(C)C[Si](Cl)(Cl)C1. The zero-order valence-electron chi connectivity index (χ0n) is 5.67. The van der Waals surface area contributed by atoms with Gasteiger partial charge in [0, 0.05) is 0 Å². The van der Waals surface area contributed by atoms with Crippen LogP contribution < -0.4 is 0 Å². The number of rotatable bonds is 0. The minimum atomic E-state index is -1.80. The van der Waals surface area contributed by atoms with Crippen LogP contribution in [0.5, 0.6) is 0 Å². The van der Waals surface area contributed by atoms with E-state index >= 15 is 0 Å². The van der Waals surface area contributed by atoms with Gasteiger partial charge in [-0.05, 0) is 25.9 Å². The third kappa shape index (κ3) is 1.73. The Balaban J connectivity index is 2.70. The van der Waals surface area contributed by atoms with Crippen molar-refractivity contribution < 1.29 is 0 Å². The van der Waals surface area contributed by atoms with Crippen molar-refractivity contribution in [3.05, 3.63) is 11.1 Å². The predicted octanol–water partition coefficient (Wildman–Crippen LogP) is 3.26. The van der Waals surface area contributed by atoms with Gasteiger partial charge in [0.25, 0.3) is 6.69 Å². The van der Waals surface area contributed by atoms with Crippen molar-refractivity contribution in [2.45, 2.75) is 25.9 Å². The van der Waals surface area contributed by atoms with Gasteiger partial charge in [-0.15, -0.1) is 22.2 Å². The summed E-state index contributed by atoms with van der Waals surface area (Å²) in [6, 6.07) is 1.95. The van der Waals surface area contributed by atoms with Crippen molar-refractivity contribution in [2.24, 2.45) is 0 Å². The highest BCUT2D eigenvalue weighted by Crippen LogP contribution is 2.40. The van der Waals surface area contributed by atoms with Crippen molar-refractivity contribution in [3.63, 3.8) is 0 Å². The van der Waals surface area contributed by atoms with E-state index in [2.05, 4.69) is 13.8 Å². The van der Waals surface area contributed by atoms with Crippen LogP contribution >= 0.6 is 22.2 Å². The number of halogens is 2. The minimum Gasteiger partial charge on any atom is -0.145 e. The lowest BCUT2D eigenvalue weighted by molar-refractivity contribution is 1.28. The molecular weight excluding hydrogens is 171 g/mol. The second-order valence-electron chi connectivity index (χ2n) is 2.77.